The number of rotatable bonds is 8. The van der Waals surface area contributed by atoms with Crippen molar-refractivity contribution in [2.45, 2.75) is 51.9 Å². The molecule has 1 aromatic heterocycles. The molecule has 0 aliphatic heterocycles. The lowest BCUT2D eigenvalue weighted by Gasteiger charge is -2.15. The first-order chi connectivity index (χ1) is 14.7. The van der Waals surface area contributed by atoms with Gasteiger partial charge < -0.3 is 19.9 Å². The number of carbonyl (C=O) groups is 1. The zero-order valence-corrected chi connectivity index (χ0v) is 17.9. The molecule has 0 spiro atoms. The van der Waals surface area contributed by atoms with Crippen molar-refractivity contribution in [3.05, 3.63) is 65.6 Å². The number of aliphatic carboxylic acids is 1. The highest BCUT2D eigenvalue weighted by molar-refractivity contribution is 6.01. The monoisotopic (exact) mass is 425 g/mol. The number of fused-ring (bicyclic) bond motifs is 1. The van der Waals surface area contributed by atoms with Gasteiger partial charge in [-0.1, -0.05) is 29.8 Å². The van der Waals surface area contributed by atoms with Crippen LogP contribution in [-0.4, -0.2) is 38.1 Å². The maximum atomic E-state index is 13.6. The van der Waals surface area contributed by atoms with Crippen molar-refractivity contribution in [3.63, 3.8) is 0 Å². The molecule has 31 heavy (non-hydrogen) atoms. The second-order valence-electron chi connectivity index (χ2n) is 8.17. The van der Waals surface area contributed by atoms with Crippen molar-refractivity contribution >= 4 is 22.9 Å². The van der Waals surface area contributed by atoms with Crippen LogP contribution in [0.4, 0.5) is 4.39 Å². The number of benzene rings is 2. The average Bonchev–Trinajstić information content (AvgIpc) is 2.99. The summed E-state index contributed by atoms with van der Waals surface area (Å²) in [6.45, 7) is 6.15. The van der Waals surface area contributed by atoms with E-state index in [0.29, 0.717) is 0 Å². The predicted octanol–water partition coefficient (Wildman–Crippen LogP) is 4.94. The second kappa shape index (κ2) is 9.45. The standard InChI is InChI=1S/C25H28FNO4/c1-15(2)27-22-10-4-16(3)12-21(22)25(17-5-7-18(26)8-6-17)23(27)11-9-19(28)13-20(29)14-24(30)31/h4-12,15,19-20,28-29H,13-14H2,1-3H3,(H,30,31)/b11-9+/t19-,20-/m0/s1. The van der Waals surface area contributed by atoms with Crippen LogP contribution in [0.3, 0.4) is 0 Å². The zero-order valence-electron chi connectivity index (χ0n) is 17.9. The largest absolute Gasteiger partial charge is 0.481 e. The van der Waals surface area contributed by atoms with E-state index in [1.807, 2.05) is 13.0 Å². The highest BCUT2D eigenvalue weighted by Crippen LogP contribution is 2.38. The third-order valence-corrected chi connectivity index (χ3v) is 5.25. The first-order valence-corrected chi connectivity index (χ1v) is 10.3. The van der Waals surface area contributed by atoms with Crippen LogP contribution in [0, 0.1) is 12.7 Å². The molecule has 3 N–H and O–H groups in total. The van der Waals surface area contributed by atoms with Crippen LogP contribution in [0.1, 0.15) is 44.0 Å². The molecule has 5 nitrogen and oxygen atoms in total. The number of hydrogen-bond donors (Lipinski definition) is 3. The van der Waals surface area contributed by atoms with Gasteiger partial charge in [-0.25, -0.2) is 4.39 Å². The highest BCUT2D eigenvalue weighted by atomic mass is 19.1. The molecule has 0 saturated heterocycles. The van der Waals surface area contributed by atoms with E-state index in [1.54, 1.807) is 24.3 Å². The van der Waals surface area contributed by atoms with Crippen LogP contribution >= 0.6 is 0 Å². The summed E-state index contributed by atoms with van der Waals surface area (Å²) >= 11 is 0. The Labute approximate surface area is 181 Å². The van der Waals surface area contributed by atoms with Gasteiger partial charge in [0.25, 0.3) is 0 Å². The number of hydrogen-bond acceptors (Lipinski definition) is 3. The number of carboxylic acid groups (broad SMARTS) is 1. The Bertz CT molecular complexity index is 1100. The van der Waals surface area contributed by atoms with Gasteiger partial charge in [-0.15, -0.1) is 0 Å². The van der Waals surface area contributed by atoms with Crippen LogP contribution in [0.25, 0.3) is 28.1 Å². The summed E-state index contributed by atoms with van der Waals surface area (Å²) in [5.41, 5.74) is 4.77. The first kappa shape index (κ1) is 22.7. The zero-order chi connectivity index (χ0) is 22.7. The predicted molar refractivity (Wildman–Crippen MR) is 120 cm³/mol. The summed E-state index contributed by atoms with van der Waals surface area (Å²) in [5, 5.41) is 30.0. The molecule has 0 saturated carbocycles. The molecule has 2 atom stereocenters. The quantitative estimate of drug-likeness (QED) is 0.478. The molecule has 2 aromatic carbocycles. The van der Waals surface area contributed by atoms with E-state index < -0.39 is 24.6 Å². The van der Waals surface area contributed by atoms with E-state index in [4.69, 9.17) is 5.11 Å². The molecule has 0 aliphatic carbocycles. The van der Waals surface area contributed by atoms with Gasteiger partial charge in [-0.2, -0.15) is 0 Å². The number of nitrogens with zero attached hydrogens (tertiary/aromatic N) is 1. The minimum atomic E-state index is -1.13. The van der Waals surface area contributed by atoms with Crippen LogP contribution in [0.2, 0.25) is 0 Å². The number of carboxylic acids is 1. The van der Waals surface area contributed by atoms with Gasteiger partial charge in [-0.05, 0) is 56.7 Å². The van der Waals surface area contributed by atoms with Crippen molar-refractivity contribution in [2.24, 2.45) is 0 Å². The van der Waals surface area contributed by atoms with Gasteiger partial charge in [0.1, 0.15) is 5.82 Å². The summed E-state index contributed by atoms with van der Waals surface area (Å²) in [6.07, 6.45) is 0.736. The maximum Gasteiger partial charge on any atom is 0.305 e. The summed E-state index contributed by atoms with van der Waals surface area (Å²) in [7, 11) is 0. The molecule has 3 aromatic rings. The maximum absolute atomic E-state index is 13.6. The molecule has 0 aliphatic rings. The van der Waals surface area contributed by atoms with E-state index in [-0.39, 0.29) is 18.3 Å². The average molecular weight is 426 g/mol. The molecule has 0 amide bonds. The number of aromatic nitrogens is 1. The summed E-state index contributed by atoms with van der Waals surface area (Å²) < 4.78 is 15.7. The third-order valence-electron chi connectivity index (χ3n) is 5.25. The van der Waals surface area contributed by atoms with Gasteiger partial charge in [0.15, 0.2) is 0 Å². The Balaban J connectivity index is 2.12. The molecule has 0 fully saturated rings. The SMILES string of the molecule is Cc1ccc2c(c1)c(-c1ccc(F)cc1)c(/C=C/[C@H](O)C[C@H](O)CC(=O)O)n2C(C)C. The van der Waals surface area contributed by atoms with Crippen molar-refractivity contribution < 1.29 is 24.5 Å². The lowest BCUT2D eigenvalue weighted by molar-refractivity contribution is -0.139. The van der Waals surface area contributed by atoms with Gasteiger partial charge >= 0.3 is 5.97 Å². The lowest BCUT2D eigenvalue weighted by Crippen LogP contribution is -2.19. The smallest absolute Gasteiger partial charge is 0.305 e. The highest BCUT2D eigenvalue weighted by Gasteiger charge is 2.20. The fourth-order valence-electron chi connectivity index (χ4n) is 3.93. The van der Waals surface area contributed by atoms with Crippen LogP contribution in [0.5, 0.6) is 0 Å². The molecule has 3 rings (SSSR count). The number of halogens is 1. The van der Waals surface area contributed by atoms with Crippen LogP contribution in [-0.2, 0) is 4.79 Å². The minimum Gasteiger partial charge on any atom is -0.481 e. The Hall–Kier alpha value is -2.96. The fraction of sp³-hybridized carbons (Fsp3) is 0.320. The molecular weight excluding hydrogens is 397 g/mol. The van der Waals surface area contributed by atoms with Gasteiger partial charge in [0.2, 0.25) is 0 Å². The van der Waals surface area contributed by atoms with Crippen molar-refractivity contribution in [2.75, 3.05) is 0 Å². The van der Waals surface area contributed by atoms with Gasteiger partial charge in [0.05, 0.1) is 18.6 Å². The van der Waals surface area contributed by atoms with Gasteiger partial charge in [-0.3, -0.25) is 4.79 Å². The number of aryl methyl sites for hydroxylation is 1. The topological polar surface area (TPSA) is 82.7 Å². The van der Waals surface area contributed by atoms with E-state index >= 15 is 0 Å². The van der Waals surface area contributed by atoms with Crippen molar-refractivity contribution in [1.29, 1.82) is 0 Å². The molecule has 0 unspecified atom stereocenters. The molecule has 0 radical (unpaired) electrons. The first-order valence-electron chi connectivity index (χ1n) is 10.3. The van der Waals surface area contributed by atoms with Crippen molar-refractivity contribution in [1.82, 2.24) is 4.57 Å². The minimum absolute atomic E-state index is 0.0737. The summed E-state index contributed by atoms with van der Waals surface area (Å²) in [6, 6.07) is 12.6. The van der Waals surface area contributed by atoms with E-state index in [0.717, 1.165) is 33.3 Å². The normalized spacial score (nSPS) is 13.9. The number of aliphatic hydroxyl groups is 2. The molecule has 6 heteroatoms. The summed E-state index contributed by atoms with van der Waals surface area (Å²) in [4.78, 5) is 10.8. The van der Waals surface area contributed by atoms with E-state index in [9.17, 15) is 19.4 Å². The Morgan fingerprint density at radius 2 is 1.81 bits per heavy atom. The Morgan fingerprint density at radius 3 is 2.42 bits per heavy atom. The fourth-order valence-corrected chi connectivity index (χ4v) is 3.93. The second-order valence-corrected chi connectivity index (χ2v) is 8.17. The third kappa shape index (κ3) is 5.21. The molecule has 1 heterocycles. The van der Waals surface area contributed by atoms with E-state index in [2.05, 4.69) is 30.5 Å². The molecule has 0 bridgehead atoms. The summed E-state index contributed by atoms with van der Waals surface area (Å²) in [5.74, 6) is -1.43. The number of aliphatic hydroxyl groups excluding tert-OH is 2. The lowest BCUT2D eigenvalue weighted by atomic mass is 10.00. The molecular formula is C25H28FNO4. The van der Waals surface area contributed by atoms with E-state index in [1.165, 1.54) is 12.1 Å². The van der Waals surface area contributed by atoms with Crippen LogP contribution in [0.15, 0.2) is 48.5 Å². The van der Waals surface area contributed by atoms with Crippen LogP contribution < -0.4 is 0 Å². The Kier molecular flexibility index (Phi) is 6.93. The Morgan fingerprint density at radius 1 is 1.13 bits per heavy atom. The van der Waals surface area contributed by atoms with Crippen molar-refractivity contribution in [3.8, 4) is 11.1 Å². The van der Waals surface area contributed by atoms with Gasteiger partial charge in [0, 0.05) is 34.6 Å². The molecule has 164 valence electrons.